The first-order valence-corrected chi connectivity index (χ1v) is 9.06. The lowest BCUT2D eigenvalue weighted by Gasteiger charge is -2.35. The molecule has 3 unspecified atom stereocenters. The van der Waals surface area contributed by atoms with E-state index in [0.717, 1.165) is 6.42 Å². The molecule has 0 aromatic heterocycles. The van der Waals surface area contributed by atoms with Crippen molar-refractivity contribution in [3.63, 3.8) is 0 Å². The second-order valence-corrected chi connectivity index (χ2v) is 6.49. The van der Waals surface area contributed by atoms with Crippen molar-refractivity contribution in [3.05, 3.63) is 30.3 Å². The minimum Gasteiger partial charge on any atom is -0.491 e. The third kappa shape index (κ3) is 6.31. The summed E-state index contributed by atoms with van der Waals surface area (Å²) in [5.41, 5.74) is 0. The molecule has 144 valence electrons. The van der Waals surface area contributed by atoms with Crippen LogP contribution in [-0.2, 0) is 14.3 Å². The van der Waals surface area contributed by atoms with Gasteiger partial charge < -0.3 is 19.9 Å². The predicted octanol–water partition coefficient (Wildman–Crippen LogP) is 0.959. The van der Waals surface area contributed by atoms with Crippen LogP contribution in [0.15, 0.2) is 30.3 Å². The maximum absolute atomic E-state index is 12.2. The molecule has 3 atom stereocenters. The highest BCUT2D eigenvalue weighted by atomic mass is 16.5. The Balaban J connectivity index is 1.87. The second-order valence-electron chi connectivity index (χ2n) is 6.49. The Morgan fingerprint density at radius 2 is 2.12 bits per heavy atom. The third-order valence-corrected chi connectivity index (χ3v) is 4.34. The van der Waals surface area contributed by atoms with Gasteiger partial charge in [0.15, 0.2) is 0 Å². The maximum atomic E-state index is 12.2. The number of nitrogens with one attached hydrogen (secondary N) is 1. The lowest BCUT2D eigenvalue weighted by Crippen LogP contribution is -2.57. The van der Waals surface area contributed by atoms with Crippen LogP contribution in [0.4, 0.5) is 0 Å². The lowest BCUT2D eigenvalue weighted by molar-refractivity contribution is -0.152. The van der Waals surface area contributed by atoms with Gasteiger partial charge in [0.25, 0.3) is 0 Å². The molecule has 1 aromatic carbocycles. The Bertz CT molecular complexity index is 581. The van der Waals surface area contributed by atoms with E-state index in [0.29, 0.717) is 18.8 Å². The van der Waals surface area contributed by atoms with Crippen LogP contribution in [0.1, 0.15) is 26.7 Å². The number of esters is 1. The molecule has 2 N–H and O–H groups in total. The summed E-state index contributed by atoms with van der Waals surface area (Å²) >= 11 is 0. The van der Waals surface area contributed by atoms with Crippen LogP contribution in [0.5, 0.6) is 5.75 Å². The van der Waals surface area contributed by atoms with Gasteiger partial charge in [0.1, 0.15) is 18.5 Å². The number of carbonyl (C=O) groups excluding carboxylic acids is 2. The molecule has 1 heterocycles. The highest BCUT2D eigenvalue weighted by molar-refractivity contribution is 5.87. The summed E-state index contributed by atoms with van der Waals surface area (Å²) in [6, 6.07) is 8.60. The zero-order valence-corrected chi connectivity index (χ0v) is 15.4. The molecule has 1 aliphatic heterocycles. The van der Waals surface area contributed by atoms with E-state index in [1.807, 2.05) is 49.1 Å². The molecular formula is C19H28N2O5. The fourth-order valence-electron chi connectivity index (χ4n) is 2.75. The quantitative estimate of drug-likeness (QED) is 0.635. The van der Waals surface area contributed by atoms with E-state index in [-0.39, 0.29) is 31.6 Å². The number of hydrogen-bond acceptors (Lipinski definition) is 6. The molecule has 0 bridgehead atoms. The molecule has 26 heavy (non-hydrogen) atoms. The van der Waals surface area contributed by atoms with Gasteiger partial charge in [-0.15, -0.1) is 0 Å². The zero-order chi connectivity index (χ0) is 18.9. The highest BCUT2D eigenvalue weighted by Crippen LogP contribution is 2.13. The van der Waals surface area contributed by atoms with E-state index in [1.165, 1.54) is 0 Å². The van der Waals surface area contributed by atoms with Gasteiger partial charge in [0.2, 0.25) is 5.91 Å². The average Bonchev–Trinajstić information content (AvgIpc) is 2.63. The normalized spacial score (nSPS) is 20.1. The molecule has 0 saturated carbocycles. The second kappa shape index (κ2) is 10.1. The first kappa shape index (κ1) is 20.2. The number of hydrogen-bond donors (Lipinski definition) is 2. The molecule has 0 radical (unpaired) electrons. The van der Waals surface area contributed by atoms with Crippen LogP contribution in [0.3, 0.4) is 0 Å². The van der Waals surface area contributed by atoms with Crippen molar-refractivity contribution in [2.24, 2.45) is 0 Å². The standard InChI is InChI=1S/C19H28N2O5/c1-3-14(2)26-18(23)11-17-19(24)20-9-10-21(17)12-15(22)13-25-16-7-5-4-6-8-16/h4-8,14-15,17,22H,3,9-13H2,1-2H3,(H,20,24). The Labute approximate surface area is 154 Å². The van der Waals surface area contributed by atoms with Crippen LogP contribution in [-0.4, -0.2) is 66.4 Å². The fraction of sp³-hybridized carbons (Fsp3) is 0.579. The number of ether oxygens (including phenoxy) is 2. The van der Waals surface area contributed by atoms with Gasteiger partial charge in [-0.3, -0.25) is 14.5 Å². The van der Waals surface area contributed by atoms with Gasteiger partial charge in [-0.05, 0) is 25.5 Å². The number of benzene rings is 1. The van der Waals surface area contributed by atoms with Crippen molar-refractivity contribution in [2.45, 2.75) is 44.9 Å². The van der Waals surface area contributed by atoms with E-state index in [2.05, 4.69) is 5.32 Å². The average molecular weight is 364 g/mol. The van der Waals surface area contributed by atoms with Gasteiger partial charge in [-0.25, -0.2) is 0 Å². The number of rotatable bonds is 9. The molecular weight excluding hydrogens is 336 g/mol. The van der Waals surface area contributed by atoms with E-state index < -0.39 is 18.1 Å². The number of amides is 1. The number of aliphatic hydroxyl groups is 1. The van der Waals surface area contributed by atoms with Crippen molar-refractivity contribution in [1.82, 2.24) is 10.2 Å². The zero-order valence-electron chi connectivity index (χ0n) is 15.4. The number of carbonyl (C=O) groups is 2. The summed E-state index contributed by atoms with van der Waals surface area (Å²) in [5, 5.41) is 13.0. The van der Waals surface area contributed by atoms with Crippen molar-refractivity contribution >= 4 is 11.9 Å². The smallest absolute Gasteiger partial charge is 0.308 e. The van der Waals surface area contributed by atoms with Gasteiger partial charge in [0, 0.05) is 19.6 Å². The Hall–Kier alpha value is -2.12. The Morgan fingerprint density at radius 3 is 2.81 bits per heavy atom. The van der Waals surface area contributed by atoms with Crippen LogP contribution in [0.25, 0.3) is 0 Å². The van der Waals surface area contributed by atoms with Crippen molar-refractivity contribution in [2.75, 3.05) is 26.2 Å². The van der Waals surface area contributed by atoms with Crippen LogP contribution in [0.2, 0.25) is 0 Å². The van der Waals surface area contributed by atoms with E-state index in [1.54, 1.807) is 0 Å². The molecule has 0 spiro atoms. The molecule has 7 heteroatoms. The molecule has 1 fully saturated rings. The van der Waals surface area contributed by atoms with Gasteiger partial charge in [-0.2, -0.15) is 0 Å². The van der Waals surface area contributed by atoms with Crippen molar-refractivity contribution in [1.29, 1.82) is 0 Å². The topological polar surface area (TPSA) is 88.1 Å². The molecule has 0 aliphatic carbocycles. The van der Waals surface area contributed by atoms with Crippen LogP contribution in [0, 0.1) is 0 Å². The summed E-state index contributed by atoms with van der Waals surface area (Å²) in [7, 11) is 0. The number of aliphatic hydroxyl groups excluding tert-OH is 1. The van der Waals surface area contributed by atoms with Crippen LogP contribution >= 0.6 is 0 Å². The number of para-hydroxylation sites is 1. The van der Waals surface area contributed by atoms with Gasteiger partial charge in [0.05, 0.1) is 18.6 Å². The SMILES string of the molecule is CCC(C)OC(=O)CC1C(=O)NCCN1CC(O)COc1ccccc1. The predicted molar refractivity (Wildman–Crippen MR) is 96.8 cm³/mol. The largest absolute Gasteiger partial charge is 0.491 e. The number of piperazine rings is 1. The van der Waals surface area contributed by atoms with Crippen LogP contribution < -0.4 is 10.1 Å². The lowest BCUT2D eigenvalue weighted by atomic mass is 10.1. The molecule has 1 amide bonds. The van der Waals surface area contributed by atoms with Crippen molar-refractivity contribution < 1.29 is 24.2 Å². The summed E-state index contributed by atoms with van der Waals surface area (Å²) < 4.78 is 10.8. The number of nitrogens with zero attached hydrogens (tertiary/aromatic N) is 1. The highest BCUT2D eigenvalue weighted by Gasteiger charge is 2.33. The fourth-order valence-corrected chi connectivity index (χ4v) is 2.75. The first-order valence-electron chi connectivity index (χ1n) is 9.06. The van der Waals surface area contributed by atoms with Gasteiger partial charge in [-0.1, -0.05) is 25.1 Å². The maximum Gasteiger partial charge on any atom is 0.308 e. The van der Waals surface area contributed by atoms with Gasteiger partial charge >= 0.3 is 5.97 Å². The van der Waals surface area contributed by atoms with Crippen molar-refractivity contribution in [3.8, 4) is 5.75 Å². The number of β-amino-alcohol motifs (C(OH)–C–C–N with tert-alkyl or cyclic N) is 1. The van der Waals surface area contributed by atoms with E-state index >= 15 is 0 Å². The van der Waals surface area contributed by atoms with E-state index in [4.69, 9.17) is 9.47 Å². The Morgan fingerprint density at radius 1 is 1.38 bits per heavy atom. The summed E-state index contributed by atoms with van der Waals surface area (Å²) in [6.07, 6.45) is -0.244. The molecule has 2 rings (SSSR count). The monoisotopic (exact) mass is 364 g/mol. The Kier molecular flexibility index (Phi) is 7.87. The molecule has 1 aliphatic rings. The summed E-state index contributed by atoms with van der Waals surface area (Å²) in [4.78, 5) is 26.1. The molecule has 1 aromatic rings. The molecule has 1 saturated heterocycles. The molecule has 7 nitrogen and oxygen atoms in total. The van der Waals surface area contributed by atoms with E-state index in [9.17, 15) is 14.7 Å². The first-order chi connectivity index (χ1) is 12.5. The minimum atomic E-state index is -0.769. The summed E-state index contributed by atoms with van der Waals surface area (Å²) in [6.45, 7) is 5.17. The summed E-state index contributed by atoms with van der Waals surface area (Å²) in [5.74, 6) is 0.0616. The third-order valence-electron chi connectivity index (χ3n) is 4.34. The minimum absolute atomic E-state index is 0.0254.